The number of likely N-dealkylation sites (tertiary alicyclic amines) is 1. The highest BCUT2D eigenvalue weighted by atomic mass is 16.2. The molecule has 1 saturated carbocycles. The van der Waals surface area contributed by atoms with Gasteiger partial charge in [-0.3, -0.25) is 9.59 Å². The Kier molecular flexibility index (Phi) is 4.85. The molecule has 1 aliphatic heterocycles. The maximum atomic E-state index is 12.5. The molecule has 2 aromatic heterocycles. The molecule has 144 valence electrons. The third kappa shape index (κ3) is 3.82. The molecule has 3 heterocycles. The number of rotatable bonds is 5. The zero-order chi connectivity index (χ0) is 19.0. The van der Waals surface area contributed by atoms with Gasteiger partial charge in [-0.15, -0.1) is 0 Å². The summed E-state index contributed by atoms with van der Waals surface area (Å²) in [6.07, 6.45) is 7.41. The summed E-state index contributed by atoms with van der Waals surface area (Å²) in [7, 11) is 0. The molecule has 0 radical (unpaired) electrons. The van der Waals surface area contributed by atoms with E-state index in [4.69, 9.17) is 0 Å². The van der Waals surface area contributed by atoms with Gasteiger partial charge in [0.1, 0.15) is 5.52 Å². The standard InChI is InChI=1S/C20H27N5O2/c1-13(2)25-12-23-17-9-16(11-21-18(17)25)19(26)22-10-14-5-7-24(8-6-14)20(27)15-3-4-15/h9,11-15H,3-8,10H2,1-2H3,(H,22,26). The van der Waals surface area contributed by atoms with Crippen molar-refractivity contribution in [3.8, 4) is 0 Å². The Hall–Kier alpha value is -2.44. The predicted molar refractivity (Wildman–Crippen MR) is 102 cm³/mol. The molecular weight excluding hydrogens is 342 g/mol. The number of hydrogen-bond donors (Lipinski definition) is 1. The average molecular weight is 369 g/mol. The van der Waals surface area contributed by atoms with Gasteiger partial charge in [0.2, 0.25) is 5.91 Å². The fraction of sp³-hybridized carbons (Fsp3) is 0.600. The van der Waals surface area contributed by atoms with Crippen LogP contribution in [0.2, 0.25) is 0 Å². The van der Waals surface area contributed by atoms with Gasteiger partial charge in [0.05, 0.1) is 11.9 Å². The molecule has 1 saturated heterocycles. The number of nitrogens with one attached hydrogen (secondary N) is 1. The first-order valence-electron chi connectivity index (χ1n) is 9.92. The van der Waals surface area contributed by atoms with Crippen molar-refractivity contribution in [3.63, 3.8) is 0 Å². The lowest BCUT2D eigenvalue weighted by Crippen LogP contribution is -2.42. The van der Waals surface area contributed by atoms with Gasteiger partial charge in [0.15, 0.2) is 5.65 Å². The van der Waals surface area contributed by atoms with Crippen LogP contribution in [0.15, 0.2) is 18.6 Å². The van der Waals surface area contributed by atoms with E-state index in [1.165, 1.54) is 0 Å². The maximum absolute atomic E-state index is 12.5. The predicted octanol–water partition coefficient (Wildman–Crippen LogP) is 2.39. The highest BCUT2D eigenvalue weighted by Gasteiger charge is 2.34. The van der Waals surface area contributed by atoms with E-state index >= 15 is 0 Å². The summed E-state index contributed by atoms with van der Waals surface area (Å²) in [5.41, 5.74) is 2.08. The Morgan fingerprint density at radius 1 is 1.19 bits per heavy atom. The molecule has 7 heteroatoms. The van der Waals surface area contributed by atoms with Crippen LogP contribution in [-0.4, -0.2) is 50.9 Å². The van der Waals surface area contributed by atoms with Gasteiger partial charge < -0.3 is 14.8 Å². The second kappa shape index (κ2) is 7.29. The van der Waals surface area contributed by atoms with E-state index in [1.54, 1.807) is 18.6 Å². The molecule has 0 bridgehead atoms. The molecule has 1 aliphatic carbocycles. The number of amides is 2. The van der Waals surface area contributed by atoms with E-state index in [0.717, 1.165) is 49.9 Å². The van der Waals surface area contributed by atoms with Crippen LogP contribution in [0.1, 0.15) is 55.9 Å². The van der Waals surface area contributed by atoms with Crippen LogP contribution < -0.4 is 5.32 Å². The maximum Gasteiger partial charge on any atom is 0.252 e. The summed E-state index contributed by atoms with van der Waals surface area (Å²) < 4.78 is 1.99. The number of hydrogen-bond acceptors (Lipinski definition) is 4. The van der Waals surface area contributed by atoms with Gasteiger partial charge in [-0.2, -0.15) is 0 Å². The normalized spacial score (nSPS) is 18.3. The van der Waals surface area contributed by atoms with Crippen molar-refractivity contribution in [2.75, 3.05) is 19.6 Å². The zero-order valence-electron chi connectivity index (χ0n) is 16.0. The van der Waals surface area contributed by atoms with Crippen LogP contribution in [-0.2, 0) is 4.79 Å². The number of fused-ring (bicyclic) bond motifs is 1. The van der Waals surface area contributed by atoms with Crippen LogP contribution in [0.4, 0.5) is 0 Å². The van der Waals surface area contributed by atoms with Gasteiger partial charge in [0.25, 0.3) is 5.91 Å². The number of pyridine rings is 1. The Morgan fingerprint density at radius 3 is 2.59 bits per heavy atom. The van der Waals surface area contributed by atoms with Crippen molar-refractivity contribution in [2.24, 2.45) is 11.8 Å². The van der Waals surface area contributed by atoms with E-state index < -0.39 is 0 Å². The van der Waals surface area contributed by atoms with E-state index in [1.807, 2.05) is 9.47 Å². The second-order valence-electron chi connectivity index (χ2n) is 8.07. The van der Waals surface area contributed by atoms with Crippen molar-refractivity contribution >= 4 is 23.0 Å². The van der Waals surface area contributed by atoms with Gasteiger partial charge in [-0.1, -0.05) is 0 Å². The molecule has 2 aromatic rings. The van der Waals surface area contributed by atoms with Crippen LogP contribution in [0.25, 0.3) is 11.2 Å². The molecule has 2 fully saturated rings. The fourth-order valence-electron chi connectivity index (χ4n) is 3.71. The number of imidazole rings is 1. The van der Waals surface area contributed by atoms with Gasteiger partial charge in [0, 0.05) is 37.8 Å². The first-order valence-corrected chi connectivity index (χ1v) is 9.92. The number of carbonyl (C=O) groups is 2. The van der Waals surface area contributed by atoms with Crippen molar-refractivity contribution in [2.45, 2.75) is 45.6 Å². The molecule has 0 unspecified atom stereocenters. The van der Waals surface area contributed by atoms with Crippen molar-refractivity contribution in [1.29, 1.82) is 0 Å². The summed E-state index contributed by atoms with van der Waals surface area (Å²) in [4.78, 5) is 35.4. The smallest absolute Gasteiger partial charge is 0.252 e. The Balaban J connectivity index is 1.30. The topological polar surface area (TPSA) is 80.1 Å². The van der Waals surface area contributed by atoms with Gasteiger partial charge >= 0.3 is 0 Å². The van der Waals surface area contributed by atoms with Crippen molar-refractivity contribution < 1.29 is 9.59 Å². The van der Waals surface area contributed by atoms with E-state index in [-0.39, 0.29) is 11.9 Å². The summed E-state index contributed by atoms with van der Waals surface area (Å²) in [5, 5.41) is 3.03. The molecular formula is C20H27N5O2. The average Bonchev–Trinajstić information content (AvgIpc) is 3.44. The first-order chi connectivity index (χ1) is 13.0. The van der Waals surface area contributed by atoms with Crippen molar-refractivity contribution in [3.05, 3.63) is 24.2 Å². The molecule has 2 amide bonds. The minimum atomic E-state index is -0.111. The molecule has 2 aliphatic rings. The second-order valence-corrected chi connectivity index (χ2v) is 8.07. The molecule has 27 heavy (non-hydrogen) atoms. The summed E-state index contributed by atoms with van der Waals surface area (Å²) in [6.45, 7) is 6.43. The molecule has 7 nitrogen and oxygen atoms in total. The highest BCUT2D eigenvalue weighted by molar-refractivity contribution is 5.96. The van der Waals surface area contributed by atoms with E-state index in [2.05, 4.69) is 29.1 Å². The first kappa shape index (κ1) is 17.9. The van der Waals surface area contributed by atoms with Crippen LogP contribution >= 0.6 is 0 Å². The Morgan fingerprint density at radius 2 is 1.93 bits per heavy atom. The minimum Gasteiger partial charge on any atom is -0.352 e. The SMILES string of the molecule is CC(C)n1cnc2cc(C(=O)NCC3CCN(C(=O)C4CC4)CC3)cnc21. The zero-order valence-corrected chi connectivity index (χ0v) is 16.0. The number of nitrogens with zero attached hydrogens (tertiary/aromatic N) is 4. The van der Waals surface area contributed by atoms with Crippen LogP contribution in [0.5, 0.6) is 0 Å². The molecule has 0 atom stereocenters. The lowest BCUT2D eigenvalue weighted by Gasteiger charge is -2.32. The monoisotopic (exact) mass is 369 g/mol. The lowest BCUT2D eigenvalue weighted by molar-refractivity contribution is -0.133. The number of aromatic nitrogens is 3. The fourth-order valence-corrected chi connectivity index (χ4v) is 3.71. The number of carbonyl (C=O) groups excluding carboxylic acids is 2. The lowest BCUT2D eigenvalue weighted by atomic mass is 9.96. The molecule has 4 rings (SSSR count). The third-order valence-electron chi connectivity index (χ3n) is 5.64. The van der Waals surface area contributed by atoms with Crippen molar-refractivity contribution in [1.82, 2.24) is 24.8 Å². The van der Waals surface area contributed by atoms with E-state index in [0.29, 0.717) is 29.9 Å². The summed E-state index contributed by atoms with van der Waals surface area (Å²) in [5.74, 6) is 0.939. The number of piperidine rings is 1. The third-order valence-corrected chi connectivity index (χ3v) is 5.64. The quantitative estimate of drug-likeness (QED) is 0.878. The summed E-state index contributed by atoms with van der Waals surface area (Å²) in [6, 6.07) is 2.08. The summed E-state index contributed by atoms with van der Waals surface area (Å²) >= 11 is 0. The molecule has 1 N–H and O–H groups in total. The minimum absolute atomic E-state index is 0.111. The van der Waals surface area contributed by atoms with Crippen LogP contribution in [0, 0.1) is 11.8 Å². The Bertz CT molecular complexity index is 847. The molecule has 0 aromatic carbocycles. The van der Waals surface area contributed by atoms with Crippen LogP contribution in [0.3, 0.4) is 0 Å². The van der Waals surface area contributed by atoms with Gasteiger partial charge in [-0.25, -0.2) is 9.97 Å². The molecule has 0 spiro atoms. The Labute approximate surface area is 159 Å². The van der Waals surface area contributed by atoms with E-state index in [9.17, 15) is 9.59 Å². The largest absolute Gasteiger partial charge is 0.352 e. The van der Waals surface area contributed by atoms with Gasteiger partial charge in [-0.05, 0) is 51.5 Å². The highest BCUT2D eigenvalue weighted by Crippen LogP contribution is 2.32.